The number of primary amides is 1. The van der Waals surface area contributed by atoms with Crippen molar-refractivity contribution in [3.8, 4) is 11.3 Å². The van der Waals surface area contributed by atoms with Crippen molar-refractivity contribution in [2.24, 2.45) is 5.73 Å². The van der Waals surface area contributed by atoms with E-state index in [0.29, 0.717) is 16.4 Å². The second-order valence-corrected chi connectivity index (χ2v) is 4.01. The van der Waals surface area contributed by atoms with Crippen molar-refractivity contribution < 1.29 is 4.79 Å². The zero-order valence-corrected chi connectivity index (χ0v) is 9.90. The van der Waals surface area contributed by atoms with Gasteiger partial charge in [0.2, 0.25) is 5.91 Å². The third kappa shape index (κ3) is 2.42. The first-order valence-corrected chi connectivity index (χ1v) is 5.34. The molecule has 2 N–H and O–H groups in total. The summed E-state index contributed by atoms with van der Waals surface area (Å²) >= 11 is 5.77. The van der Waals surface area contributed by atoms with Crippen LogP contribution in [0.4, 0.5) is 0 Å². The van der Waals surface area contributed by atoms with Crippen LogP contribution in [-0.2, 0) is 0 Å². The average Bonchev–Trinajstić information content (AvgIpc) is 2.28. The van der Waals surface area contributed by atoms with E-state index in [1.54, 1.807) is 18.3 Å². The highest BCUT2D eigenvalue weighted by Gasteiger charge is 2.07. The topological polar surface area (TPSA) is 68.9 Å². The highest BCUT2D eigenvalue weighted by molar-refractivity contribution is 6.29. The number of aryl methyl sites for hydroxylation is 1. The molecular weight excluding hydrogens is 238 g/mol. The van der Waals surface area contributed by atoms with Gasteiger partial charge >= 0.3 is 0 Å². The smallest absolute Gasteiger partial charge is 0.248 e. The van der Waals surface area contributed by atoms with Crippen molar-refractivity contribution in [2.75, 3.05) is 0 Å². The van der Waals surface area contributed by atoms with Crippen LogP contribution in [0.5, 0.6) is 0 Å². The minimum atomic E-state index is -0.439. The summed E-state index contributed by atoms with van der Waals surface area (Å²) in [5.74, 6) is -0.439. The molecule has 0 unspecified atom stereocenters. The molecule has 1 heterocycles. The van der Waals surface area contributed by atoms with E-state index >= 15 is 0 Å². The molecule has 0 saturated heterocycles. The summed E-state index contributed by atoms with van der Waals surface area (Å²) in [6.45, 7) is 1.82. The number of nitrogens with two attached hydrogens (primary N) is 1. The zero-order chi connectivity index (χ0) is 12.4. The van der Waals surface area contributed by atoms with Crippen molar-refractivity contribution >= 4 is 17.5 Å². The first-order valence-electron chi connectivity index (χ1n) is 4.96. The van der Waals surface area contributed by atoms with Crippen LogP contribution >= 0.6 is 11.6 Å². The minimum Gasteiger partial charge on any atom is -0.366 e. The van der Waals surface area contributed by atoms with Crippen LogP contribution < -0.4 is 5.73 Å². The maximum absolute atomic E-state index is 11.1. The summed E-state index contributed by atoms with van der Waals surface area (Å²) in [5, 5.41) is 0.333. The molecule has 4 nitrogen and oxygen atoms in total. The number of halogens is 1. The fraction of sp³-hybridized carbons (Fsp3) is 0.0833. The van der Waals surface area contributed by atoms with E-state index in [9.17, 15) is 4.79 Å². The number of nitrogens with zero attached hydrogens (tertiary/aromatic N) is 2. The number of carbonyl (C=O) groups excluding carboxylic acids is 1. The van der Waals surface area contributed by atoms with Gasteiger partial charge in [-0.3, -0.25) is 9.78 Å². The maximum Gasteiger partial charge on any atom is 0.248 e. The highest BCUT2D eigenvalue weighted by atomic mass is 35.5. The van der Waals surface area contributed by atoms with Crippen molar-refractivity contribution in [3.05, 3.63) is 46.9 Å². The molecule has 0 spiro atoms. The number of carbonyl (C=O) groups is 1. The van der Waals surface area contributed by atoms with Gasteiger partial charge in [0, 0.05) is 11.1 Å². The highest BCUT2D eigenvalue weighted by Crippen LogP contribution is 2.20. The van der Waals surface area contributed by atoms with Gasteiger partial charge in [0.25, 0.3) is 0 Å². The Morgan fingerprint density at radius 3 is 2.71 bits per heavy atom. The van der Waals surface area contributed by atoms with Gasteiger partial charge in [-0.15, -0.1) is 0 Å². The fourth-order valence-corrected chi connectivity index (χ4v) is 1.73. The molecule has 2 aromatic rings. The number of hydrogen-bond donors (Lipinski definition) is 1. The fourth-order valence-electron chi connectivity index (χ4n) is 1.58. The lowest BCUT2D eigenvalue weighted by atomic mass is 10.0. The van der Waals surface area contributed by atoms with Gasteiger partial charge in [0.1, 0.15) is 5.15 Å². The van der Waals surface area contributed by atoms with E-state index in [0.717, 1.165) is 11.1 Å². The van der Waals surface area contributed by atoms with E-state index < -0.39 is 5.91 Å². The summed E-state index contributed by atoms with van der Waals surface area (Å²) in [6.07, 6.45) is 3.08. The zero-order valence-electron chi connectivity index (χ0n) is 9.14. The Labute approximate surface area is 103 Å². The van der Waals surface area contributed by atoms with Crippen LogP contribution in [0.25, 0.3) is 11.3 Å². The molecule has 0 aliphatic carbocycles. The Morgan fingerprint density at radius 1 is 1.35 bits per heavy atom. The minimum absolute atomic E-state index is 0.333. The molecule has 1 aromatic carbocycles. The lowest BCUT2D eigenvalue weighted by Gasteiger charge is -2.05. The number of rotatable bonds is 2. The Kier molecular flexibility index (Phi) is 3.06. The van der Waals surface area contributed by atoms with Crippen LogP contribution in [0.15, 0.2) is 30.6 Å². The molecule has 5 heteroatoms. The number of hydrogen-bond acceptors (Lipinski definition) is 3. The number of aromatic nitrogens is 2. The molecular formula is C12H10ClN3O. The molecule has 2 rings (SSSR count). The predicted molar refractivity (Wildman–Crippen MR) is 65.7 cm³/mol. The molecule has 0 aliphatic heterocycles. The Morgan fingerprint density at radius 2 is 2.12 bits per heavy atom. The Hall–Kier alpha value is -1.94. The summed E-state index contributed by atoms with van der Waals surface area (Å²) in [6, 6.07) is 5.28. The molecule has 86 valence electrons. The SMILES string of the molecule is Cc1cc(-c2cncc(Cl)n2)ccc1C(N)=O. The van der Waals surface area contributed by atoms with Crippen LogP contribution in [0, 0.1) is 6.92 Å². The van der Waals surface area contributed by atoms with E-state index in [1.807, 2.05) is 13.0 Å². The van der Waals surface area contributed by atoms with Gasteiger partial charge < -0.3 is 5.73 Å². The second-order valence-electron chi connectivity index (χ2n) is 3.62. The molecule has 1 amide bonds. The van der Waals surface area contributed by atoms with Crippen LogP contribution in [0.2, 0.25) is 5.15 Å². The van der Waals surface area contributed by atoms with E-state index in [1.165, 1.54) is 6.20 Å². The number of amides is 1. The van der Waals surface area contributed by atoms with Crippen LogP contribution in [0.1, 0.15) is 15.9 Å². The average molecular weight is 248 g/mol. The van der Waals surface area contributed by atoms with E-state index in [-0.39, 0.29) is 0 Å². The lowest BCUT2D eigenvalue weighted by molar-refractivity contribution is 0.1000. The summed E-state index contributed by atoms with van der Waals surface area (Å²) in [5.41, 5.74) is 8.06. The largest absolute Gasteiger partial charge is 0.366 e. The molecule has 17 heavy (non-hydrogen) atoms. The van der Waals surface area contributed by atoms with Gasteiger partial charge in [-0.25, -0.2) is 4.98 Å². The molecule has 0 bridgehead atoms. The maximum atomic E-state index is 11.1. The number of benzene rings is 1. The normalized spacial score (nSPS) is 10.2. The standard InChI is InChI=1S/C12H10ClN3O/c1-7-4-8(2-3-9(7)12(14)17)10-5-15-6-11(13)16-10/h2-6H,1H3,(H2,14,17). The Bertz CT molecular complexity index is 584. The van der Waals surface area contributed by atoms with Crippen LogP contribution in [0.3, 0.4) is 0 Å². The summed E-state index contributed by atoms with van der Waals surface area (Å²) in [7, 11) is 0. The quantitative estimate of drug-likeness (QED) is 0.885. The first-order chi connectivity index (χ1) is 8.08. The van der Waals surface area contributed by atoms with Crippen molar-refractivity contribution in [1.29, 1.82) is 0 Å². The van der Waals surface area contributed by atoms with Crippen LogP contribution in [-0.4, -0.2) is 15.9 Å². The van der Waals surface area contributed by atoms with Crippen molar-refractivity contribution in [2.45, 2.75) is 6.92 Å². The molecule has 0 fully saturated rings. The van der Waals surface area contributed by atoms with E-state index in [4.69, 9.17) is 17.3 Å². The van der Waals surface area contributed by atoms with Gasteiger partial charge in [0.15, 0.2) is 0 Å². The molecule has 1 aromatic heterocycles. The third-order valence-electron chi connectivity index (χ3n) is 2.39. The third-order valence-corrected chi connectivity index (χ3v) is 2.57. The van der Waals surface area contributed by atoms with Gasteiger partial charge in [-0.2, -0.15) is 0 Å². The van der Waals surface area contributed by atoms with Crippen molar-refractivity contribution in [3.63, 3.8) is 0 Å². The Balaban J connectivity index is 2.48. The summed E-state index contributed by atoms with van der Waals surface area (Å²) in [4.78, 5) is 19.2. The first kappa shape index (κ1) is 11.5. The van der Waals surface area contributed by atoms with Crippen molar-refractivity contribution in [1.82, 2.24) is 9.97 Å². The monoisotopic (exact) mass is 247 g/mol. The van der Waals surface area contributed by atoms with Gasteiger partial charge in [-0.1, -0.05) is 17.7 Å². The van der Waals surface area contributed by atoms with Gasteiger partial charge in [-0.05, 0) is 24.6 Å². The predicted octanol–water partition coefficient (Wildman–Crippen LogP) is 2.20. The second kappa shape index (κ2) is 4.51. The summed E-state index contributed by atoms with van der Waals surface area (Å²) < 4.78 is 0. The molecule has 0 radical (unpaired) electrons. The molecule has 0 atom stereocenters. The van der Waals surface area contributed by atoms with Gasteiger partial charge in [0.05, 0.1) is 18.1 Å². The lowest BCUT2D eigenvalue weighted by Crippen LogP contribution is -2.12. The van der Waals surface area contributed by atoms with E-state index in [2.05, 4.69) is 9.97 Å². The molecule has 0 saturated carbocycles. The molecule has 0 aliphatic rings.